The van der Waals surface area contributed by atoms with Gasteiger partial charge in [0.15, 0.2) is 0 Å². The van der Waals surface area contributed by atoms with Crippen LogP contribution in [0.15, 0.2) is 18.2 Å². The Kier molecular flexibility index (Phi) is 3.93. The molecule has 0 aromatic heterocycles. The monoisotopic (exact) mass is 276 g/mol. The highest BCUT2D eigenvalue weighted by molar-refractivity contribution is 5.92. The second-order valence-corrected chi connectivity index (χ2v) is 6.56. The Morgan fingerprint density at radius 1 is 1.40 bits per heavy atom. The summed E-state index contributed by atoms with van der Waals surface area (Å²) in [6, 6.07) is 5.33. The van der Waals surface area contributed by atoms with E-state index in [-0.39, 0.29) is 5.97 Å². The minimum Gasteiger partial charge on any atom is -0.465 e. The molecule has 0 radical (unpaired) electrons. The summed E-state index contributed by atoms with van der Waals surface area (Å²) in [4.78, 5) is 13.9. The summed E-state index contributed by atoms with van der Waals surface area (Å²) in [6.45, 7) is 8.79. The first-order chi connectivity index (χ1) is 9.32. The highest BCUT2D eigenvalue weighted by Gasteiger charge is 2.32. The number of rotatable bonds is 2. The van der Waals surface area contributed by atoms with Gasteiger partial charge in [-0.05, 0) is 36.0 Å². The van der Waals surface area contributed by atoms with Crippen LogP contribution in [0.4, 0.5) is 11.4 Å². The topological polar surface area (TPSA) is 55.6 Å². The van der Waals surface area contributed by atoms with E-state index in [1.54, 1.807) is 12.1 Å². The van der Waals surface area contributed by atoms with Crippen LogP contribution < -0.4 is 10.6 Å². The molecular formula is C16H24N2O2. The minimum atomic E-state index is -0.321. The molecule has 1 heterocycles. The Labute approximate surface area is 120 Å². The molecule has 1 aliphatic rings. The third-order valence-electron chi connectivity index (χ3n) is 4.21. The Morgan fingerprint density at radius 2 is 2.10 bits per heavy atom. The van der Waals surface area contributed by atoms with E-state index < -0.39 is 0 Å². The third-order valence-corrected chi connectivity index (χ3v) is 4.21. The number of methoxy groups -OCH3 is 1. The molecule has 1 unspecified atom stereocenters. The van der Waals surface area contributed by atoms with Gasteiger partial charge >= 0.3 is 5.97 Å². The molecule has 1 aliphatic heterocycles. The van der Waals surface area contributed by atoms with Gasteiger partial charge in [-0.15, -0.1) is 0 Å². The van der Waals surface area contributed by atoms with Crippen LogP contribution in [0.1, 0.15) is 37.6 Å². The third kappa shape index (κ3) is 2.89. The number of hydrogen-bond acceptors (Lipinski definition) is 4. The lowest BCUT2D eigenvalue weighted by atomic mass is 9.80. The van der Waals surface area contributed by atoms with Gasteiger partial charge in [-0.3, -0.25) is 0 Å². The van der Waals surface area contributed by atoms with E-state index in [1.165, 1.54) is 7.11 Å². The number of anilines is 2. The quantitative estimate of drug-likeness (QED) is 0.666. The summed E-state index contributed by atoms with van der Waals surface area (Å²) in [5, 5.41) is 0. The number of hydrogen-bond donors (Lipinski definition) is 1. The number of nitrogens with two attached hydrogens (primary N) is 1. The van der Waals surface area contributed by atoms with Gasteiger partial charge in [0.25, 0.3) is 0 Å². The van der Waals surface area contributed by atoms with Gasteiger partial charge in [0.2, 0.25) is 0 Å². The molecule has 1 aromatic carbocycles. The van der Waals surface area contributed by atoms with Crippen molar-refractivity contribution in [2.24, 2.45) is 11.3 Å². The number of carbonyl (C=O) groups is 1. The summed E-state index contributed by atoms with van der Waals surface area (Å²) < 4.78 is 4.77. The van der Waals surface area contributed by atoms with E-state index in [4.69, 9.17) is 10.5 Å². The first kappa shape index (κ1) is 14.7. The number of nitrogens with zero attached hydrogens (tertiary/aromatic N) is 1. The summed E-state index contributed by atoms with van der Waals surface area (Å²) in [7, 11) is 1.39. The maximum Gasteiger partial charge on any atom is 0.337 e. The zero-order valence-electron chi connectivity index (χ0n) is 12.8. The molecule has 0 aliphatic carbocycles. The first-order valence-electron chi connectivity index (χ1n) is 7.05. The molecule has 0 spiro atoms. The van der Waals surface area contributed by atoms with Crippen LogP contribution in [0, 0.1) is 11.3 Å². The van der Waals surface area contributed by atoms with Gasteiger partial charge in [0.1, 0.15) is 0 Å². The van der Waals surface area contributed by atoms with Crippen molar-refractivity contribution in [1.29, 1.82) is 0 Å². The van der Waals surface area contributed by atoms with Gasteiger partial charge in [-0.25, -0.2) is 4.79 Å². The van der Waals surface area contributed by atoms with Gasteiger partial charge in [-0.1, -0.05) is 20.8 Å². The van der Waals surface area contributed by atoms with Crippen molar-refractivity contribution < 1.29 is 9.53 Å². The summed E-state index contributed by atoms with van der Waals surface area (Å²) in [5.41, 5.74) is 8.58. The lowest BCUT2D eigenvalue weighted by molar-refractivity contribution is 0.0601. The molecule has 0 amide bonds. The van der Waals surface area contributed by atoms with Crippen LogP contribution in [-0.2, 0) is 4.74 Å². The molecule has 4 heteroatoms. The van der Waals surface area contributed by atoms with Crippen molar-refractivity contribution in [1.82, 2.24) is 0 Å². The van der Waals surface area contributed by atoms with E-state index in [2.05, 4.69) is 25.7 Å². The molecule has 0 saturated carbocycles. The van der Waals surface area contributed by atoms with Crippen LogP contribution >= 0.6 is 0 Å². The predicted octanol–water partition coefficient (Wildman–Crippen LogP) is 2.93. The smallest absolute Gasteiger partial charge is 0.337 e. The van der Waals surface area contributed by atoms with E-state index in [9.17, 15) is 4.79 Å². The molecule has 1 fully saturated rings. The molecule has 2 N–H and O–H groups in total. The lowest BCUT2D eigenvalue weighted by Crippen LogP contribution is -2.26. The fourth-order valence-electron chi connectivity index (χ4n) is 2.75. The highest BCUT2D eigenvalue weighted by Crippen LogP contribution is 2.37. The molecule has 4 nitrogen and oxygen atoms in total. The number of nitrogen functional groups attached to an aromatic ring is 1. The first-order valence-corrected chi connectivity index (χ1v) is 7.05. The van der Waals surface area contributed by atoms with E-state index in [0.717, 1.165) is 25.2 Å². The van der Waals surface area contributed by atoms with Gasteiger partial charge in [-0.2, -0.15) is 0 Å². The highest BCUT2D eigenvalue weighted by atomic mass is 16.5. The van der Waals surface area contributed by atoms with Crippen molar-refractivity contribution in [3.8, 4) is 0 Å². The zero-order chi connectivity index (χ0) is 14.9. The molecule has 20 heavy (non-hydrogen) atoms. The van der Waals surface area contributed by atoms with Crippen LogP contribution in [0.3, 0.4) is 0 Å². The Hall–Kier alpha value is -1.71. The lowest BCUT2D eigenvalue weighted by Gasteiger charge is -2.28. The molecule has 1 atom stereocenters. The summed E-state index contributed by atoms with van der Waals surface area (Å²) in [5.74, 6) is 0.321. The van der Waals surface area contributed by atoms with E-state index in [0.29, 0.717) is 22.6 Å². The molecule has 0 bridgehead atoms. The number of carbonyl (C=O) groups excluding carboxylic acids is 1. The summed E-state index contributed by atoms with van der Waals surface area (Å²) in [6.07, 6.45) is 1.16. The van der Waals surface area contributed by atoms with Crippen LogP contribution in [0.25, 0.3) is 0 Å². The molecule has 1 saturated heterocycles. The van der Waals surface area contributed by atoms with Gasteiger partial charge in [0, 0.05) is 13.1 Å². The van der Waals surface area contributed by atoms with Crippen molar-refractivity contribution in [2.75, 3.05) is 30.8 Å². The van der Waals surface area contributed by atoms with Crippen molar-refractivity contribution in [3.63, 3.8) is 0 Å². The van der Waals surface area contributed by atoms with E-state index >= 15 is 0 Å². The van der Waals surface area contributed by atoms with E-state index in [1.807, 2.05) is 6.07 Å². The fraction of sp³-hybridized carbons (Fsp3) is 0.562. The maximum absolute atomic E-state index is 11.6. The Balaban J connectivity index is 2.23. The second kappa shape index (κ2) is 5.35. The van der Waals surface area contributed by atoms with Crippen molar-refractivity contribution in [3.05, 3.63) is 23.8 Å². The predicted molar refractivity (Wildman–Crippen MR) is 82.0 cm³/mol. The fourth-order valence-corrected chi connectivity index (χ4v) is 2.75. The van der Waals surface area contributed by atoms with Crippen molar-refractivity contribution in [2.45, 2.75) is 27.2 Å². The van der Waals surface area contributed by atoms with Crippen LogP contribution in [-0.4, -0.2) is 26.2 Å². The SMILES string of the molecule is COC(=O)c1ccc(N)c(N2CCC(C(C)(C)C)C2)c1. The Bertz CT molecular complexity index is 506. The second-order valence-electron chi connectivity index (χ2n) is 6.56. The molecule has 1 aromatic rings. The molecule has 2 rings (SSSR count). The van der Waals surface area contributed by atoms with Crippen LogP contribution in [0.2, 0.25) is 0 Å². The average molecular weight is 276 g/mol. The Morgan fingerprint density at radius 3 is 2.65 bits per heavy atom. The maximum atomic E-state index is 11.6. The zero-order valence-corrected chi connectivity index (χ0v) is 12.8. The number of benzene rings is 1. The number of ether oxygens (including phenoxy) is 1. The molecule has 110 valence electrons. The van der Waals surface area contributed by atoms with Gasteiger partial charge < -0.3 is 15.4 Å². The van der Waals surface area contributed by atoms with Gasteiger partial charge in [0.05, 0.1) is 24.0 Å². The van der Waals surface area contributed by atoms with Crippen LogP contribution in [0.5, 0.6) is 0 Å². The number of esters is 1. The average Bonchev–Trinajstić information content (AvgIpc) is 2.87. The minimum absolute atomic E-state index is 0.295. The molecular weight excluding hydrogens is 252 g/mol. The largest absolute Gasteiger partial charge is 0.465 e. The van der Waals surface area contributed by atoms with Crippen molar-refractivity contribution >= 4 is 17.3 Å². The summed E-state index contributed by atoms with van der Waals surface area (Å²) >= 11 is 0. The normalized spacial score (nSPS) is 19.2. The standard InChI is InChI=1S/C16H24N2O2/c1-16(2,3)12-7-8-18(10-12)14-9-11(15(19)20-4)5-6-13(14)17/h5-6,9,12H,7-8,10,17H2,1-4H3.